The molecular weight excluding hydrogens is 260 g/mol. The maximum atomic E-state index is 11.7. The third-order valence-corrected chi connectivity index (χ3v) is 2.51. The van der Waals surface area contributed by atoms with E-state index in [-0.39, 0.29) is 24.3 Å². The van der Waals surface area contributed by atoms with Gasteiger partial charge in [0.1, 0.15) is 5.82 Å². The molecule has 0 aliphatic carbocycles. The number of rotatable bonds is 6. The van der Waals surface area contributed by atoms with E-state index >= 15 is 0 Å². The van der Waals surface area contributed by atoms with E-state index in [9.17, 15) is 9.59 Å². The maximum Gasteiger partial charge on any atom is 0.340 e. The van der Waals surface area contributed by atoms with Gasteiger partial charge in [-0.05, 0) is 26.8 Å². The van der Waals surface area contributed by atoms with Crippen LogP contribution >= 0.6 is 0 Å². The smallest absolute Gasteiger partial charge is 0.340 e. The minimum atomic E-state index is -0.582. The van der Waals surface area contributed by atoms with Crippen molar-refractivity contribution in [1.82, 2.24) is 4.98 Å². The molecule has 0 aromatic carbocycles. The number of carbonyl (C=O) groups is 2. The molecule has 0 radical (unpaired) electrons. The van der Waals surface area contributed by atoms with Crippen LogP contribution in [-0.4, -0.2) is 29.0 Å². The fraction of sp³-hybridized carbons (Fsp3) is 0.462. The first-order valence-electron chi connectivity index (χ1n) is 6.24. The molecule has 1 aromatic rings. The first-order chi connectivity index (χ1) is 9.25. The van der Waals surface area contributed by atoms with Crippen LogP contribution in [0.15, 0.2) is 12.3 Å². The Balaban J connectivity index is 2.95. The highest BCUT2D eigenvalue weighted by molar-refractivity contribution is 5.95. The van der Waals surface area contributed by atoms with Gasteiger partial charge < -0.3 is 21.5 Å². The van der Waals surface area contributed by atoms with E-state index in [0.29, 0.717) is 5.82 Å². The van der Waals surface area contributed by atoms with Crippen LogP contribution in [-0.2, 0) is 9.53 Å². The second-order valence-electron chi connectivity index (χ2n) is 5.03. The van der Waals surface area contributed by atoms with Gasteiger partial charge in [0.25, 0.3) is 0 Å². The van der Waals surface area contributed by atoms with E-state index in [1.165, 1.54) is 12.3 Å². The van der Waals surface area contributed by atoms with Crippen molar-refractivity contribution in [3.05, 3.63) is 17.8 Å². The van der Waals surface area contributed by atoms with Crippen LogP contribution in [0.5, 0.6) is 0 Å². The second kappa shape index (κ2) is 6.23. The molecule has 0 atom stereocenters. The molecule has 1 rings (SSSR count). The lowest BCUT2D eigenvalue weighted by Gasteiger charge is -2.25. The number of anilines is 2. The molecule has 0 unspecified atom stereocenters. The fourth-order valence-corrected chi connectivity index (χ4v) is 1.75. The Morgan fingerprint density at radius 1 is 1.45 bits per heavy atom. The molecule has 0 saturated heterocycles. The highest BCUT2D eigenvalue weighted by atomic mass is 16.5. The molecule has 7 heteroatoms. The van der Waals surface area contributed by atoms with Crippen LogP contribution in [0.2, 0.25) is 0 Å². The molecule has 5 N–H and O–H groups in total. The number of nitrogens with zero attached hydrogens (tertiary/aromatic N) is 1. The molecule has 110 valence electrons. The highest BCUT2D eigenvalue weighted by Gasteiger charge is 2.22. The van der Waals surface area contributed by atoms with Crippen LogP contribution in [0.4, 0.5) is 11.5 Å². The van der Waals surface area contributed by atoms with Crippen molar-refractivity contribution >= 4 is 23.4 Å². The predicted octanol–water partition coefficient (Wildman–Crippen LogP) is 0.906. The van der Waals surface area contributed by atoms with Crippen molar-refractivity contribution < 1.29 is 14.3 Å². The summed E-state index contributed by atoms with van der Waals surface area (Å²) in [5.41, 5.74) is 10.8. The van der Waals surface area contributed by atoms with E-state index in [1.807, 2.05) is 0 Å². The van der Waals surface area contributed by atoms with Crippen LogP contribution in [0, 0.1) is 0 Å². The first kappa shape index (κ1) is 15.7. The number of ether oxygens (including phenoxy) is 1. The number of hydrogen-bond acceptors (Lipinski definition) is 6. The molecule has 0 aliphatic heterocycles. The average molecular weight is 280 g/mol. The van der Waals surface area contributed by atoms with Crippen molar-refractivity contribution in [2.45, 2.75) is 32.7 Å². The van der Waals surface area contributed by atoms with Crippen molar-refractivity contribution in [2.75, 3.05) is 17.7 Å². The molecular formula is C13H20N4O3. The van der Waals surface area contributed by atoms with Gasteiger partial charge in [0.05, 0.1) is 24.1 Å². The summed E-state index contributed by atoms with van der Waals surface area (Å²) in [6, 6.07) is 1.50. The molecule has 20 heavy (non-hydrogen) atoms. The quantitative estimate of drug-likeness (QED) is 0.666. The summed E-state index contributed by atoms with van der Waals surface area (Å²) >= 11 is 0. The molecule has 0 fully saturated rings. The third-order valence-electron chi connectivity index (χ3n) is 2.51. The van der Waals surface area contributed by atoms with E-state index < -0.39 is 17.4 Å². The largest absolute Gasteiger partial charge is 0.462 e. The van der Waals surface area contributed by atoms with Crippen LogP contribution < -0.4 is 16.8 Å². The zero-order valence-corrected chi connectivity index (χ0v) is 11.9. The number of carbonyl (C=O) groups excluding carboxylic acids is 2. The van der Waals surface area contributed by atoms with Crippen molar-refractivity contribution in [3.8, 4) is 0 Å². The van der Waals surface area contributed by atoms with Crippen LogP contribution in [0.1, 0.15) is 37.6 Å². The number of aromatic nitrogens is 1. The summed E-state index contributed by atoms with van der Waals surface area (Å²) < 4.78 is 4.91. The number of pyridine rings is 1. The van der Waals surface area contributed by atoms with E-state index in [2.05, 4.69) is 10.3 Å². The Bertz CT molecular complexity index is 514. The summed E-state index contributed by atoms with van der Waals surface area (Å²) in [6.45, 7) is 5.58. The predicted molar refractivity (Wildman–Crippen MR) is 76.1 cm³/mol. The lowest BCUT2D eigenvalue weighted by atomic mass is 10.0. The van der Waals surface area contributed by atoms with Gasteiger partial charge in [-0.25, -0.2) is 9.78 Å². The van der Waals surface area contributed by atoms with Gasteiger partial charge in [-0.15, -0.1) is 0 Å². The minimum Gasteiger partial charge on any atom is -0.462 e. The second-order valence-corrected chi connectivity index (χ2v) is 5.03. The van der Waals surface area contributed by atoms with Crippen molar-refractivity contribution in [3.63, 3.8) is 0 Å². The molecule has 1 heterocycles. The number of esters is 1. The SMILES string of the molecule is CCOC(=O)c1cc(NC(C)(C)CC(N)=O)ncc1N. The molecule has 7 nitrogen and oxygen atoms in total. The first-order valence-corrected chi connectivity index (χ1v) is 6.24. The fourth-order valence-electron chi connectivity index (χ4n) is 1.75. The number of nitrogens with one attached hydrogen (secondary N) is 1. The summed E-state index contributed by atoms with van der Waals surface area (Å²) in [5.74, 6) is -0.514. The highest BCUT2D eigenvalue weighted by Crippen LogP contribution is 2.20. The molecule has 1 aromatic heterocycles. The van der Waals surface area contributed by atoms with Gasteiger partial charge in [0, 0.05) is 12.0 Å². The number of primary amides is 1. The Morgan fingerprint density at radius 2 is 2.10 bits per heavy atom. The monoisotopic (exact) mass is 280 g/mol. The molecule has 0 saturated carbocycles. The van der Waals surface area contributed by atoms with Gasteiger partial charge in [-0.3, -0.25) is 4.79 Å². The summed E-state index contributed by atoms with van der Waals surface area (Å²) in [4.78, 5) is 26.8. The molecule has 1 amide bonds. The van der Waals surface area contributed by atoms with E-state index in [1.54, 1.807) is 20.8 Å². The Labute approximate surface area is 117 Å². The Hall–Kier alpha value is -2.31. The molecule has 0 aliphatic rings. The standard InChI is InChI=1S/C13H20N4O3/c1-4-20-12(19)8-5-11(16-7-9(8)14)17-13(2,3)6-10(15)18/h5,7H,4,6,14H2,1-3H3,(H2,15,18)(H,16,17). The number of hydrogen-bond donors (Lipinski definition) is 3. The molecule has 0 bridgehead atoms. The lowest BCUT2D eigenvalue weighted by Crippen LogP contribution is -2.36. The van der Waals surface area contributed by atoms with Crippen LogP contribution in [0.25, 0.3) is 0 Å². The van der Waals surface area contributed by atoms with E-state index in [0.717, 1.165) is 0 Å². The van der Waals surface area contributed by atoms with Crippen molar-refractivity contribution in [1.29, 1.82) is 0 Å². The van der Waals surface area contributed by atoms with Gasteiger partial charge in [-0.2, -0.15) is 0 Å². The van der Waals surface area contributed by atoms with Gasteiger partial charge in [0.2, 0.25) is 5.91 Å². The summed E-state index contributed by atoms with van der Waals surface area (Å²) in [7, 11) is 0. The van der Waals surface area contributed by atoms with Gasteiger partial charge in [-0.1, -0.05) is 0 Å². The zero-order chi connectivity index (χ0) is 15.3. The Morgan fingerprint density at radius 3 is 2.65 bits per heavy atom. The number of nitrogen functional groups attached to an aromatic ring is 1. The zero-order valence-electron chi connectivity index (χ0n) is 11.9. The lowest BCUT2D eigenvalue weighted by molar-refractivity contribution is -0.118. The van der Waals surface area contributed by atoms with Crippen LogP contribution in [0.3, 0.4) is 0 Å². The normalized spacial score (nSPS) is 10.9. The minimum absolute atomic E-state index is 0.133. The number of amides is 1. The Kier molecular flexibility index (Phi) is 4.90. The van der Waals surface area contributed by atoms with Gasteiger partial charge in [0.15, 0.2) is 0 Å². The third kappa shape index (κ3) is 4.42. The number of nitrogens with two attached hydrogens (primary N) is 2. The maximum absolute atomic E-state index is 11.7. The summed E-state index contributed by atoms with van der Waals surface area (Å²) in [5, 5.41) is 3.04. The molecule has 0 spiro atoms. The summed E-state index contributed by atoms with van der Waals surface area (Å²) in [6.07, 6.45) is 1.50. The average Bonchev–Trinajstić information content (AvgIpc) is 2.29. The van der Waals surface area contributed by atoms with E-state index in [4.69, 9.17) is 16.2 Å². The topological polar surface area (TPSA) is 120 Å². The van der Waals surface area contributed by atoms with Crippen molar-refractivity contribution in [2.24, 2.45) is 5.73 Å². The van der Waals surface area contributed by atoms with Gasteiger partial charge >= 0.3 is 5.97 Å².